The lowest BCUT2D eigenvalue weighted by Crippen LogP contribution is -2.54. The minimum Gasteiger partial charge on any atom is -0.493 e. The van der Waals surface area contributed by atoms with Crippen molar-refractivity contribution < 1.29 is 26.4 Å². The molecule has 0 saturated carbocycles. The molecule has 0 aliphatic carbocycles. The van der Waals surface area contributed by atoms with Gasteiger partial charge in [0, 0.05) is 69.2 Å². The van der Waals surface area contributed by atoms with Crippen LogP contribution in [0.3, 0.4) is 0 Å². The SMILES string of the molecule is CCOc1cc(S(=O)(=O)N(C)C)ccc1C1=NC(c2ccc(Cl)cc2)C(c2ccc(Cl)cc2)N1C(=O)N1CCN(CCS(C)(=O)=O)CC1. The predicted molar refractivity (Wildman–Crippen MR) is 188 cm³/mol. The van der Waals surface area contributed by atoms with Crippen LogP contribution in [0, 0.1) is 0 Å². The summed E-state index contributed by atoms with van der Waals surface area (Å²) in [6.07, 6.45) is 1.22. The van der Waals surface area contributed by atoms with E-state index in [4.69, 9.17) is 32.9 Å². The number of hydrogen-bond donors (Lipinski definition) is 0. The highest BCUT2D eigenvalue weighted by Crippen LogP contribution is 2.45. The van der Waals surface area contributed by atoms with Gasteiger partial charge in [-0.25, -0.2) is 25.9 Å². The summed E-state index contributed by atoms with van der Waals surface area (Å²) in [7, 11) is -3.99. The smallest absolute Gasteiger partial charge is 0.326 e. The summed E-state index contributed by atoms with van der Waals surface area (Å²) in [5.74, 6) is 0.649. The van der Waals surface area contributed by atoms with Crippen LogP contribution >= 0.6 is 23.2 Å². The van der Waals surface area contributed by atoms with Gasteiger partial charge in [-0.05, 0) is 54.4 Å². The fraction of sp³-hybridized carbons (Fsp3) is 0.394. The monoisotopic (exact) mass is 735 g/mol. The number of carbonyl (C=O) groups excluding carboxylic acids is 1. The van der Waals surface area contributed by atoms with E-state index >= 15 is 0 Å². The van der Waals surface area contributed by atoms with Crippen LogP contribution in [0.2, 0.25) is 10.0 Å². The van der Waals surface area contributed by atoms with Crippen molar-refractivity contribution in [3.05, 3.63) is 93.5 Å². The van der Waals surface area contributed by atoms with Crippen molar-refractivity contribution in [2.24, 2.45) is 4.99 Å². The predicted octanol–water partition coefficient (Wildman–Crippen LogP) is 4.97. The molecule has 0 aromatic heterocycles. The molecule has 3 aromatic rings. The van der Waals surface area contributed by atoms with Gasteiger partial charge in [0.1, 0.15) is 27.5 Å². The molecule has 5 rings (SSSR count). The lowest BCUT2D eigenvalue weighted by molar-refractivity contribution is 0.122. The molecular formula is C33H39Cl2N5O6S2. The zero-order chi connectivity index (χ0) is 34.8. The number of sulfone groups is 1. The molecule has 1 saturated heterocycles. The Balaban J connectivity index is 1.62. The molecule has 1 fully saturated rings. The van der Waals surface area contributed by atoms with Crippen molar-refractivity contribution in [1.29, 1.82) is 0 Å². The Morgan fingerprint density at radius 2 is 1.48 bits per heavy atom. The molecule has 0 spiro atoms. The van der Waals surface area contributed by atoms with Crippen LogP contribution in [0.5, 0.6) is 5.75 Å². The zero-order valence-corrected chi connectivity index (χ0v) is 30.4. The lowest BCUT2D eigenvalue weighted by Gasteiger charge is -2.39. The van der Waals surface area contributed by atoms with Gasteiger partial charge in [0.15, 0.2) is 0 Å². The summed E-state index contributed by atoms with van der Waals surface area (Å²) in [4.78, 5) is 25.4. The van der Waals surface area contributed by atoms with Crippen molar-refractivity contribution in [1.82, 2.24) is 19.0 Å². The van der Waals surface area contributed by atoms with E-state index in [-0.39, 0.29) is 29.0 Å². The normalized spacial score (nSPS) is 19.1. The number of rotatable bonds is 10. The maximum atomic E-state index is 14.7. The van der Waals surface area contributed by atoms with Gasteiger partial charge in [-0.3, -0.25) is 14.8 Å². The van der Waals surface area contributed by atoms with E-state index in [0.717, 1.165) is 15.4 Å². The van der Waals surface area contributed by atoms with Crippen molar-refractivity contribution >= 4 is 54.9 Å². The highest BCUT2D eigenvalue weighted by atomic mass is 35.5. The number of amidine groups is 1. The molecule has 2 amide bonds. The minimum atomic E-state index is -3.78. The van der Waals surface area contributed by atoms with E-state index in [1.54, 1.807) is 47.1 Å². The van der Waals surface area contributed by atoms with E-state index in [0.29, 0.717) is 54.2 Å². The average Bonchev–Trinajstić information content (AvgIpc) is 3.44. The molecule has 2 heterocycles. The average molecular weight is 737 g/mol. The van der Waals surface area contributed by atoms with Crippen LogP contribution in [0.25, 0.3) is 0 Å². The summed E-state index contributed by atoms with van der Waals surface area (Å²) in [6, 6.07) is 17.7. The van der Waals surface area contributed by atoms with Gasteiger partial charge < -0.3 is 9.64 Å². The summed E-state index contributed by atoms with van der Waals surface area (Å²) in [5.41, 5.74) is 2.08. The Hall–Kier alpha value is -3.20. The number of sulfonamides is 1. The van der Waals surface area contributed by atoms with Crippen molar-refractivity contribution in [3.8, 4) is 5.75 Å². The van der Waals surface area contributed by atoms with Crippen LogP contribution in [0.15, 0.2) is 76.6 Å². The zero-order valence-electron chi connectivity index (χ0n) is 27.2. The number of halogens is 2. The molecular weight excluding hydrogens is 697 g/mol. The van der Waals surface area contributed by atoms with Gasteiger partial charge in [0.2, 0.25) is 10.0 Å². The number of carbonyl (C=O) groups is 1. The van der Waals surface area contributed by atoms with Crippen LogP contribution < -0.4 is 4.74 Å². The maximum absolute atomic E-state index is 14.7. The first kappa shape index (κ1) is 36.1. The Labute approximate surface area is 292 Å². The first-order valence-electron chi connectivity index (χ1n) is 15.5. The van der Waals surface area contributed by atoms with E-state index in [9.17, 15) is 21.6 Å². The molecule has 0 radical (unpaired) electrons. The molecule has 0 bridgehead atoms. The molecule has 2 atom stereocenters. The molecule has 258 valence electrons. The highest BCUT2D eigenvalue weighted by molar-refractivity contribution is 7.90. The third-order valence-corrected chi connectivity index (χ3v) is 11.6. The van der Waals surface area contributed by atoms with E-state index in [1.807, 2.05) is 29.2 Å². The number of benzene rings is 3. The molecule has 15 heteroatoms. The van der Waals surface area contributed by atoms with Crippen molar-refractivity contribution in [2.45, 2.75) is 23.9 Å². The fourth-order valence-corrected chi connectivity index (χ4v) is 7.56. The second kappa shape index (κ2) is 14.7. The Morgan fingerprint density at radius 3 is 2.02 bits per heavy atom. The quantitative estimate of drug-likeness (QED) is 0.289. The molecule has 11 nitrogen and oxygen atoms in total. The molecule has 0 N–H and O–H groups in total. The number of piperazine rings is 1. The number of aliphatic imine (C=N–C) groups is 1. The van der Waals surface area contributed by atoms with E-state index in [1.165, 1.54) is 32.5 Å². The second-order valence-corrected chi connectivity index (χ2v) is 17.2. The lowest BCUT2D eigenvalue weighted by atomic mass is 9.93. The van der Waals surface area contributed by atoms with Crippen molar-refractivity contribution in [2.75, 3.05) is 65.4 Å². The van der Waals surface area contributed by atoms with E-state index in [2.05, 4.69) is 0 Å². The van der Waals surface area contributed by atoms with Crippen LogP contribution in [0.4, 0.5) is 4.79 Å². The van der Waals surface area contributed by atoms with Crippen LogP contribution in [0.1, 0.15) is 35.7 Å². The third kappa shape index (κ3) is 7.98. The summed E-state index contributed by atoms with van der Waals surface area (Å²) < 4.78 is 56.8. The fourth-order valence-electron chi connectivity index (χ4n) is 5.80. The second-order valence-electron chi connectivity index (χ2n) is 11.9. The van der Waals surface area contributed by atoms with Gasteiger partial charge in [-0.1, -0.05) is 47.5 Å². The minimum absolute atomic E-state index is 0.0462. The number of urea groups is 1. The standard InChI is InChI=1S/C33H39Cl2N5O6S2/c1-5-46-29-22-27(48(44,45)37(2)3)14-15-28(29)32-36-30(23-6-10-25(34)11-7-23)31(24-8-12-26(35)13-9-24)40(32)33(41)39-18-16-38(17-19-39)20-21-47(4,42)43/h6-15,22,30-31H,5,16-21H2,1-4H3. The highest BCUT2D eigenvalue weighted by Gasteiger charge is 2.45. The molecule has 2 aliphatic heterocycles. The van der Waals surface area contributed by atoms with E-state index < -0.39 is 31.9 Å². The summed E-state index contributed by atoms with van der Waals surface area (Å²) in [6.45, 7) is 4.21. The van der Waals surface area contributed by atoms with Gasteiger partial charge in [-0.15, -0.1) is 0 Å². The van der Waals surface area contributed by atoms with Gasteiger partial charge in [-0.2, -0.15) is 0 Å². The topological polar surface area (TPSA) is 120 Å². The Bertz CT molecular complexity index is 1880. The first-order valence-corrected chi connectivity index (χ1v) is 19.7. The molecule has 2 unspecified atom stereocenters. The van der Waals surface area contributed by atoms with Gasteiger partial charge in [0.25, 0.3) is 0 Å². The number of nitrogens with zero attached hydrogens (tertiary/aromatic N) is 5. The summed E-state index contributed by atoms with van der Waals surface area (Å²) in [5, 5.41) is 1.10. The summed E-state index contributed by atoms with van der Waals surface area (Å²) >= 11 is 12.5. The Kier molecular flexibility index (Phi) is 11.1. The van der Waals surface area contributed by atoms with Gasteiger partial charge in [0.05, 0.1) is 28.9 Å². The number of amides is 2. The van der Waals surface area contributed by atoms with Crippen LogP contribution in [-0.4, -0.2) is 113 Å². The molecule has 3 aromatic carbocycles. The maximum Gasteiger partial charge on any atom is 0.326 e. The third-order valence-electron chi connectivity index (χ3n) is 8.39. The Morgan fingerprint density at radius 1 is 0.896 bits per heavy atom. The number of hydrogen-bond acceptors (Lipinski definition) is 8. The number of ether oxygens (including phenoxy) is 1. The first-order chi connectivity index (χ1) is 22.7. The van der Waals surface area contributed by atoms with Crippen molar-refractivity contribution in [3.63, 3.8) is 0 Å². The molecule has 2 aliphatic rings. The largest absolute Gasteiger partial charge is 0.493 e. The van der Waals surface area contributed by atoms with Crippen LogP contribution in [-0.2, 0) is 19.9 Å². The van der Waals surface area contributed by atoms with Gasteiger partial charge >= 0.3 is 6.03 Å². The molecule has 48 heavy (non-hydrogen) atoms.